The number of nitrogens with one attached hydrogen (secondary N) is 1. The average Bonchev–Trinajstić information content (AvgIpc) is 3.12. The van der Waals surface area contributed by atoms with Gasteiger partial charge in [0.1, 0.15) is 0 Å². The largest absolute Gasteiger partial charge is 0.435 e. The molecule has 0 saturated carbocycles. The summed E-state index contributed by atoms with van der Waals surface area (Å²) in [5.74, 6) is 0. The Kier molecular flexibility index (Phi) is 4.31. The summed E-state index contributed by atoms with van der Waals surface area (Å²) in [6.45, 7) is 2.64. The highest BCUT2D eigenvalue weighted by Gasteiger charge is 2.34. The maximum Gasteiger partial charge on any atom is 0.435 e. The monoisotopic (exact) mass is 352 g/mol. The summed E-state index contributed by atoms with van der Waals surface area (Å²) in [5, 5.41) is 7.38. The smallest absolute Gasteiger partial charge is 0.357 e. The van der Waals surface area contributed by atoms with Gasteiger partial charge in [0, 0.05) is 19.8 Å². The maximum atomic E-state index is 12.7. The van der Waals surface area contributed by atoms with Gasteiger partial charge in [0.25, 0.3) is 0 Å². The van der Waals surface area contributed by atoms with Crippen LogP contribution in [0.1, 0.15) is 16.8 Å². The van der Waals surface area contributed by atoms with Crippen molar-refractivity contribution in [1.82, 2.24) is 14.8 Å². The fraction of sp³-hybridized carbons (Fsp3) is 0.250. The Morgan fingerprint density at radius 3 is 2.67 bits per heavy atom. The molecule has 0 bridgehead atoms. The van der Waals surface area contributed by atoms with Crippen LogP contribution < -0.4 is 5.32 Å². The lowest BCUT2D eigenvalue weighted by Crippen LogP contribution is -2.06. The molecule has 2 heterocycles. The van der Waals surface area contributed by atoms with Crippen molar-refractivity contribution in [3.63, 3.8) is 0 Å². The number of halogens is 3. The normalized spacial score (nSPS) is 11.7. The molecular formula is C16H15F3N4S. The number of benzene rings is 1. The highest BCUT2D eigenvalue weighted by Crippen LogP contribution is 2.34. The summed E-state index contributed by atoms with van der Waals surface area (Å²) in [4.78, 5) is 4.87. The molecule has 0 aliphatic carbocycles. The molecule has 1 aromatic carbocycles. The Morgan fingerprint density at radius 2 is 2.00 bits per heavy atom. The number of nitrogens with zero attached hydrogens (tertiary/aromatic N) is 3. The number of aryl methyl sites for hydroxylation is 2. The Hall–Kier alpha value is -2.35. The molecule has 0 amide bonds. The minimum Gasteiger partial charge on any atom is -0.357 e. The van der Waals surface area contributed by atoms with Gasteiger partial charge in [-0.05, 0) is 24.1 Å². The van der Waals surface area contributed by atoms with E-state index in [1.54, 1.807) is 6.20 Å². The quantitative estimate of drug-likeness (QED) is 0.753. The number of alkyl halides is 3. The zero-order valence-electron chi connectivity index (χ0n) is 13.1. The second kappa shape index (κ2) is 6.27. The van der Waals surface area contributed by atoms with Crippen molar-refractivity contribution in [3.8, 4) is 10.6 Å². The topological polar surface area (TPSA) is 42.7 Å². The van der Waals surface area contributed by atoms with E-state index in [0.717, 1.165) is 11.6 Å². The molecule has 0 aliphatic rings. The van der Waals surface area contributed by atoms with Gasteiger partial charge in [-0.25, -0.2) is 4.98 Å². The molecule has 4 nitrogen and oxygen atoms in total. The van der Waals surface area contributed by atoms with Gasteiger partial charge < -0.3 is 5.32 Å². The van der Waals surface area contributed by atoms with Crippen LogP contribution in [-0.4, -0.2) is 14.8 Å². The number of thiazole rings is 1. The summed E-state index contributed by atoms with van der Waals surface area (Å²) in [6, 6.07) is 9.03. The average molecular weight is 352 g/mol. The molecule has 3 rings (SSSR count). The van der Waals surface area contributed by atoms with E-state index in [1.807, 2.05) is 31.2 Å². The van der Waals surface area contributed by atoms with Crippen molar-refractivity contribution in [2.24, 2.45) is 7.05 Å². The first-order valence-electron chi connectivity index (χ1n) is 7.20. The third-order valence-electron chi connectivity index (χ3n) is 3.62. The van der Waals surface area contributed by atoms with Crippen molar-refractivity contribution < 1.29 is 13.2 Å². The lowest BCUT2D eigenvalue weighted by atomic mass is 10.1. The van der Waals surface area contributed by atoms with Crippen LogP contribution in [0.4, 0.5) is 18.3 Å². The van der Waals surface area contributed by atoms with E-state index in [2.05, 4.69) is 15.4 Å². The first-order chi connectivity index (χ1) is 11.3. The van der Waals surface area contributed by atoms with E-state index in [0.29, 0.717) is 22.2 Å². The van der Waals surface area contributed by atoms with Crippen LogP contribution in [0.25, 0.3) is 10.6 Å². The highest BCUT2D eigenvalue weighted by atomic mass is 32.1. The molecule has 0 spiro atoms. The molecule has 0 radical (unpaired) electrons. The Labute approximate surface area is 141 Å². The van der Waals surface area contributed by atoms with Gasteiger partial charge in [-0.15, -0.1) is 0 Å². The van der Waals surface area contributed by atoms with Gasteiger partial charge in [0.05, 0.1) is 10.6 Å². The van der Waals surface area contributed by atoms with Crippen LogP contribution in [0.3, 0.4) is 0 Å². The lowest BCUT2D eigenvalue weighted by Gasteiger charge is -2.05. The molecule has 0 unspecified atom stereocenters. The predicted octanol–water partition coefficient (Wildman–Crippen LogP) is 4.48. The Balaban J connectivity index is 1.76. The molecule has 0 atom stereocenters. The van der Waals surface area contributed by atoms with Gasteiger partial charge in [-0.1, -0.05) is 35.6 Å². The Bertz CT molecular complexity index is 851. The summed E-state index contributed by atoms with van der Waals surface area (Å²) >= 11 is 1.30. The van der Waals surface area contributed by atoms with Crippen LogP contribution in [0.5, 0.6) is 0 Å². The van der Waals surface area contributed by atoms with Crippen LogP contribution in [0, 0.1) is 6.92 Å². The number of rotatable bonds is 4. The van der Waals surface area contributed by atoms with E-state index in [4.69, 9.17) is 0 Å². The zero-order valence-corrected chi connectivity index (χ0v) is 13.9. The molecule has 8 heteroatoms. The van der Waals surface area contributed by atoms with Crippen molar-refractivity contribution >= 4 is 16.5 Å². The van der Waals surface area contributed by atoms with E-state index in [1.165, 1.54) is 28.6 Å². The van der Waals surface area contributed by atoms with Crippen molar-refractivity contribution in [2.45, 2.75) is 19.6 Å². The number of aromatic nitrogens is 3. The van der Waals surface area contributed by atoms with E-state index >= 15 is 0 Å². The van der Waals surface area contributed by atoms with Crippen LogP contribution in [-0.2, 0) is 19.8 Å². The van der Waals surface area contributed by atoms with Crippen LogP contribution >= 0.6 is 11.3 Å². The van der Waals surface area contributed by atoms with Gasteiger partial charge in [0.15, 0.2) is 10.8 Å². The molecule has 24 heavy (non-hydrogen) atoms. The minimum absolute atomic E-state index is 0.392. The van der Waals surface area contributed by atoms with Gasteiger partial charge in [-0.3, -0.25) is 4.68 Å². The first kappa shape index (κ1) is 16.5. The second-order valence-corrected chi connectivity index (χ2v) is 6.38. The van der Waals surface area contributed by atoms with Crippen molar-refractivity contribution in [3.05, 3.63) is 53.3 Å². The predicted molar refractivity (Wildman–Crippen MR) is 87.8 cm³/mol. The van der Waals surface area contributed by atoms with Gasteiger partial charge in [-0.2, -0.15) is 18.3 Å². The number of hydrogen-bond donors (Lipinski definition) is 1. The molecular weight excluding hydrogens is 337 g/mol. The van der Waals surface area contributed by atoms with Crippen LogP contribution in [0.15, 0.2) is 36.5 Å². The van der Waals surface area contributed by atoms with E-state index < -0.39 is 11.9 Å². The SMILES string of the molecule is Cc1ccccc1CNc1ncc(-c2cc(C(F)(F)F)nn2C)s1. The standard InChI is InChI=1S/C16H15F3N4S/c1-10-5-3-4-6-11(10)8-20-15-21-9-13(24-15)12-7-14(16(17,18)19)22-23(12)2/h3-7,9H,8H2,1-2H3,(H,20,21). The first-order valence-corrected chi connectivity index (χ1v) is 8.02. The summed E-state index contributed by atoms with van der Waals surface area (Å²) in [5.41, 5.74) is 1.81. The molecule has 2 aromatic heterocycles. The second-order valence-electron chi connectivity index (χ2n) is 5.35. The van der Waals surface area contributed by atoms with Gasteiger partial charge in [0.2, 0.25) is 0 Å². The fourth-order valence-corrected chi connectivity index (χ4v) is 3.15. The third-order valence-corrected chi connectivity index (χ3v) is 4.60. The van der Waals surface area contributed by atoms with Crippen molar-refractivity contribution in [2.75, 3.05) is 5.32 Å². The van der Waals surface area contributed by atoms with Gasteiger partial charge >= 0.3 is 6.18 Å². The summed E-state index contributed by atoms with van der Waals surface area (Å²) in [6.07, 6.45) is -2.89. The van der Waals surface area contributed by atoms with Crippen molar-refractivity contribution in [1.29, 1.82) is 0 Å². The minimum atomic E-state index is -4.45. The molecule has 3 aromatic rings. The van der Waals surface area contributed by atoms with E-state index in [9.17, 15) is 13.2 Å². The lowest BCUT2D eigenvalue weighted by molar-refractivity contribution is -0.141. The Morgan fingerprint density at radius 1 is 1.25 bits per heavy atom. The van der Waals surface area contributed by atoms with E-state index in [-0.39, 0.29) is 0 Å². The molecule has 126 valence electrons. The molecule has 0 fully saturated rings. The zero-order chi connectivity index (χ0) is 17.3. The maximum absolute atomic E-state index is 12.7. The highest BCUT2D eigenvalue weighted by molar-refractivity contribution is 7.18. The molecule has 1 N–H and O–H groups in total. The summed E-state index contributed by atoms with van der Waals surface area (Å²) in [7, 11) is 1.49. The third kappa shape index (κ3) is 3.43. The fourth-order valence-electron chi connectivity index (χ4n) is 2.29. The summed E-state index contributed by atoms with van der Waals surface area (Å²) < 4.78 is 39.5. The number of hydrogen-bond acceptors (Lipinski definition) is 4. The van der Waals surface area contributed by atoms with Crippen LogP contribution in [0.2, 0.25) is 0 Å². The molecule has 0 aliphatic heterocycles. The number of anilines is 1. The molecule has 0 saturated heterocycles.